The highest BCUT2D eigenvalue weighted by atomic mass is 16.5. The summed E-state index contributed by atoms with van der Waals surface area (Å²) < 4.78 is 6.60. The van der Waals surface area contributed by atoms with Gasteiger partial charge in [0.2, 0.25) is 5.91 Å². The number of rotatable bonds is 6. The molecule has 2 heterocycles. The van der Waals surface area contributed by atoms with Crippen molar-refractivity contribution in [3.63, 3.8) is 0 Å². The summed E-state index contributed by atoms with van der Waals surface area (Å²) in [6.45, 7) is 3.82. The SMILES string of the molecule is Cc1cc(NC(=O)CN[C@H](C)c2cn(-c3ccccc3)nn2)no1. The second-order valence-electron chi connectivity index (χ2n) is 5.40. The normalized spacial score (nSPS) is 12.1. The van der Waals surface area contributed by atoms with Crippen molar-refractivity contribution in [1.82, 2.24) is 25.5 Å². The fraction of sp³-hybridized carbons (Fsp3) is 0.250. The zero-order chi connectivity index (χ0) is 16.9. The lowest BCUT2D eigenvalue weighted by Crippen LogP contribution is -2.30. The van der Waals surface area contributed by atoms with Crippen molar-refractivity contribution in [2.75, 3.05) is 11.9 Å². The summed E-state index contributed by atoms with van der Waals surface area (Å²) in [7, 11) is 0. The fourth-order valence-corrected chi connectivity index (χ4v) is 2.14. The maximum absolute atomic E-state index is 11.9. The molecule has 8 heteroatoms. The standard InChI is InChI=1S/C16H18N6O2/c1-11-8-15(20-24-11)18-16(23)9-17-12(2)14-10-22(21-19-14)13-6-4-3-5-7-13/h3-8,10,12,17H,9H2,1-2H3,(H,18,20,23)/t12-/m1/s1. The van der Waals surface area contributed by atoms with E-state index in [-0.39, 0.29) is 18.5 Å². The Balaban J connectivity index is 1.54. The second kappa shape index (κ2) is 7.05. The molecule has 124 valence electrons. The Hall–Kier alpha value is -3.00. The van der Waals surface area contributed by atoms with Crippen LogP contribution in [0.2, 0.25) is 0 Å². The summed E-state index contributed by atoms with van der Waals surface area (Å²) in [5.74, 6) is 0.844. The Morgan fingerprint density at radius 3 is 2.83 bits per heavy atom. The van der Waals surface area contributed by atoms with Gasteiger partial charge in [-0.2, -0.15) is 0 Å². The molecule has 2 aromatic heterocycles. The van der Waals surface area contributed by atoms with E-state index in [9.17, 15) is 4.79 Å². The minimum atomic E-state index is -0.203. The average Bonchev–Trinajstić information content (AvgIpc) is 3.23. The van der Waals surface area contributed by atoms with Gasteiger partial charge < -0.3 is 15.2 Å². The van der Waals surface area contributed by atoms with E-state index < -0.39 is 0 Å². The Kier molecular flexibility index (Phi) is 4.66. The summed E-state index contributed by atoms with van der Waals surface area (Å²) in [5, 5.41) is 17.7. The third-order valence-electron chi connectivity index (χ3n) is 3.44. The number of hydrogen-bond donors (Lipinski definition) is 2. The molecule has 0 aliphatic heterocycles. The predicted octanol–water partition coefficient (Wildman–Crippen LogP) is 1.85. The van der Waals surface area contributed by atoms with Crippen molar-refractivity contribution in [1.29, 1.82) is 0 Å². The first-order chi connectivity index (χ1) is 11.6. The largest absolute Gasteiger partial charge is 0.360 e. The smallest absolute Gasteiger partial charge is 0.239 e. The molecule has 0 aliphatic rings. The van der Waals surface area contributed by atoms with Crippen LogP contribution in [-0.2, 0) is 4.79 Å². The maximum atomic E-state index is 11.9. The molecule has 1 atom stereocenters. The van der Waals surface area contributed by atoms with Crippen molar-refractivity contribution in [3.05, 3.63) is 54.0 Å². The highest BCUT2D eigenvalue weighted by molar-refractivity contribution is 5.91. The van der Waals surface area contributed by atoms with Crippen LogP contribution in [0.5, 0.6) is 0 Å². The van der Waals surface area contributed by atoms with Crippen molar-refractivity contribution < 1.29 is 9.32 Å². The van der Waals surface area contributed by atoms with E-state index in [0.717, 1.165) is 11.4 Å². The Morgan fingerprint density at radius 2 is 2.12 bits per heavy atom. The molecule has 0 spiro atoms. The highest BCUT2D eigenvalue weighted by Gasteiger charge is 2.13. The van der Waals surface area contributed by atoms with Crippen LogP contribution in [0.15, 0.2) is 47.1 Å². The molecular formula is C16H18N6O2. The molecule has 24 heavy (non-hydrogen) atoms. The first-order valence-corrected chi connectivity index (χ1v) is 7.56. The van der Waals surface area contributed by atoms with Gasteiger partial charge in [-0.25, -0.2) is 4.68 Å². The minimum absolute atomic E-state index is 0.118. The molecule has 1 aromatic carbocycles. The van der Waals surface area contributed by atoms with Crippen LogP contribution in [0.25, 0.3) is 5.69 Å². The number of nitrogens with zero attached hydrogens (tertiary/aromatic N) is 4. The quantitative estimate of drug-likeness (QED) is 0.717. The number of carbonyl (C=O) groups excluding carboxylic acids is 1. The number of amides is 1. The van der Waals surface area contributed by atoms with E-state index >= 15 is 0 Å². The third kappa shape index (κ3) is 3.85. The van der Waals surface area contributed by atoms with E-state index in [4.69, 9.17) is 4.52 Å². The van der Waals surface area contributed by atoms with Crippen molar-refractivity contribution in [2.24, 2.45) is 0 Å². The van der Waals surface area contributed by atoms with Gasteiger partial charge in [0.1, 0.15) is 5.76 Å². The van der Waals surface area contributed by atoms with E-state index in [1.54, 1.807) is 17.7 Å². The molecular weight excluding hydrogens is 308 g/mol. The molecule has 0 saturated carbocycles. The van der Waals surface area contributed by atoms with Crippen LogP contribution >= 0.6 is 0 Å². The monoisotopic (exact) mass is 326 g/mol. The molecule has 0 radical (unpaired) electrons. The molecule has 2 N–H and O–H groups in total. The molecule has 0 bridgehead atoms. The van der Waals surface area contributed by atoms with Crippen LogP contribution in [0.1, 0.15) is 24.4 Å². The number of aryl methyl sites for hydroxylation is 1. The minimum Gasteiger partial charge on any atom is -0.360 e. The lowest BCUT2D eigenvalue weighted by atomic mass is 10.2. The van der Waals surface area contributed by atoms with Crippen LogP contribution < -0.4 is 10.6 Å². The van der Waals surface area contributed by atoms with Gasteiger partial charge in [-0.3, -0.25) is 4.79 Å². The summed E-state index contributed by atoms with van der Waals surface area (Å²) in [4.78, 5) is 11.9. The summed E-state index contributed by atoms with van der Waals surface area (Å²) in [5.41, 5.74) is 1.69. The highest BCUT2D eigenvalue weighted by Crippen LogP contribution is 2.12. The number of carbonyl (C=O) groups is 1. The van der Waals surface area contributed by atoms with E-state index in [1.807, 2.05) is 43.5 Å². The van der Waals surface area contributed by atoms with E-state index in [0.29, 0.717) is 11.6 Å². The molecule has 0 fully saturated rings. The Bertz CT molecular complexity index is 811. The first-order valence-electron chi connectivity index (χ1n) is 7.56. The van der Waals surface area contributed by atoms with Crippen molar-refractivity contribution in [2.45, 2.75) is 19.9 Å². The number of nitrogens with one attached hydrogen (secondary N) is 2. The fourth-order valence-electron chi connectivity index (χ4n) is 2.14. The van der Waals surface area contributed by atoms with Gasteiger partial charge >= 0.3 is 0 Å². The van der Waals surface area contributed by atoms with Crippen molar-refractivity contribution >= 4 is 11.7 Å². The topological polar surface area (TPSA) is 97.9 Å². The second-order valence-corrected chi connectivity index (χ2v) is 5.40. The zero-order valence-corrected chi connectivity index (χ0v) is 13.4. The van der Waals surface area contributed by atoms with Crippen LogP contribution in [0.3, 0.4) is 0 Å². The van der Waals surface area contributed by atoms with Crippen LogP contribution in [0, 0.1) is 6.92 Å². The molecule has 3 aromatic rings. The molecule has 1 amide bonds. The number of hydrogen-bond acceptors (Lipinski definition) is 6. The van der Waals surface area contributed by atoms with Gasteiger partial charge in [0.05, 0.1) is 30.2 Å². The Labute approximate surface area is 138 Å². The molecule has 0 aliphatic carbocycles. The van der Waals surface area contributed by atoms with Gasteiger partial charge in [-0.05, 0) is 26.0 Å². The third-order valence-corrected chi connectivity index (χ3v) is 3.44. The van der Waals surface area contributed by atoms with Gasteiger partial charge in [0.25, 0.3) is 0 Å². The summed E-state index contributed by atoms with van der Waals surface area (Å²) in [6, 6.07) is 11.3. The molecule has 0 unspecified atom stereocenters. The average molecular weight is 326 g/mol. The number of anilines is 1. The lowest BCUT2D eigenvalue weighted by molar-refractivity contribution is -0.115. The van der Waals surface area contributed by atoms with Gasteiger partial charge in [0, 0.05) is 6.07 Å². The predicted molar refractivity (Wildman–Crippen MR) is 87.6 cm³/mol. The van der Waals surface area contributed by atoms with E-state index in [2.05, 4.69) is 26.1 Å². The van der Waals surface area contributed by atoms with Crippen LogP contribution in [0.4, 0.5) is 5.82 Å². The Morgan fingerprint density at radius 1 is 1.33 bits per heavy atom. The van der Waals surface area contributed by atoms with Gasteiger partial charge in [-0.1, -0.05) is 28.6 Å². The zero-order valence-electron chi connectivity index (χ0n) is 13.4. The summed E-state index contributed by atoms with van der Waals surface area (Å²) in [6.07, 6.45) is 1.84. The van der Waals surface area contributed by atoms with Crippen molar-refractivity contribution in [3.8, 4) is 5.69 Å². The molecule has 8 nitrogen and oxygen atoms in total. The maximum Gasteiger partial charge on any atom is 0.239 e. The van der Waals surface area contributed by atoms with Gasteiger partial charge in [-0.15, -0.1) is 5.10 Å². The number of para-hydroxylation sites is 1. The number of aromatic nitrogens is 4. The molecule has 3 rings (SSSR count). The summed E-state index contributed by atoms with van der Waals surface area (Å²) >= 11 is 0. The van der Waals surface area contributed by atoms with Gasteiger partial charge in [0.15, 0.2) is 5.82 Å². The lowest BCUT2D eigenvalue weighted by Gasteiger charge is -2.10. The number of benzene rings is 1. The van der Waals surface area contributed by atoms with Crippen LogP contribution in [-0.4, -0.2) is 32.6 Å². The first kappa shape index (κ1) is 15.9. The molecule has 0 saturated heterocycles. The van der Waals surface area contributed by atoms with E-state index in [1.165, 1.54) is 0 Å².